The highest BCUT2D eigenvalue weighted by Crippen LogP contribution is 2.30. The first-order chi connectivity index (χ1) is 16.9. The molecule has 0 aliphatic rings. The number of carboxylic acids is 1. The molecule has 0 unspecified atom stereocenters. The number of carbonyl (C=O) groups excluding carboxylic acids is 1. The Labute approximate surface area is 202 Å². The molecule has 0 aliphatic heterocycles. The van der Waals surface area contributed by atoms with Crippen molar-refractivity contribution in [1.82, 2.24) is 0 Å². The molecule has 0 radical (unpaired) electrons. The van der Waals surface area contributed by atoms with Crippen LogP contribution in [-0.4, -0.2) is 22.1 Å². The molecule has 176 valence electrons. The molecule has 4 aromatic carbocycles. The van der Waals surface area contributed by atoms with E-state index in [-0.39, 0.29) is 17.9 Å². The van der Waals surface area contributed by atoms with Crippen molar-refractivity contribution in [2.45, 2.75) is 20.0 Å². The van der Waals surface area contributed by atoms with E-state index in [9.17, 15) is 24.2 Å². The second kappa shape index (κ2) is 10.3. The van der Waals surface area contributed by atoms with Gasteiger partial charge in [0.2, 0.25) is 0 Å². The molecule has 0 aromatic heterocycles. The van der Waals surface area contributed by atoms with Gasteiger partial charge in [0.05, 0.1) is 12.3 Å². The van der Waals surface area contributed by atoms with Gasteiger partial charge in [-0.25, -0.2) is 9.18 Å². The van der Waals surface area contributed by atoms with Crippen LogP contribution >= 0.6 is 0 Å². The van der Waals surface area contributed by atoms with E-state index in [2.05, 4.69) is 5.32 Å². The number of anilines is 1. The Balaban J connectivity index is 1.75. The predicted molar refractivity (Wildman–Crippen MR) is 136 cm³/mol. The van der Waals surface area contributed by atoms with E-state index in [0.717, 1.165) is 22.1 Å². The van der Waals surface area contributed by atoms with E-state index in [1.54, 1.807) is 13.0 Å². The predicted octanol–water partition coefficient (Wildman–Crippen LogP) is 6.27. The van der Waals surface area contributed by atoms with Crippen LogP contribution in [0.25, 0.3) is 28.0 Å². The number of nitrogens with one attached hydrogen (secondary N) is 1. The van der Waals surface area contributed by atoms with E-state index >= 15 is 0 Å². The first kappa shape index (κ1) is 23.9. The number of halogens is 1. The molecule has 0 bridgehead atoms. The first-order valence-corrected chi connectivity index (χ1v) is 11.2. The Morgan fingerprint density at radius 1 is 0.943 bits per heavy atom. The lowest BCUT2D eigenvalue weighted by Crippen LogP contribution is -2.14. The van der Waals surface area contributed by atoms with E-state index in [1.807, 2.05) is 54.6 Å². The number of hydrogen-bond donors (Lipinski definition) is 3. The molecule has 0 saturated heterocycles. The zero-order chi connectivity index (χ0) is 24.9. The molecule has 3 N–H and O–H groups in total. The summed E-state index contributed by atoms with van der Waals surface area (Å²) in [7, 11) is 0. The molecular weight excluding hydrogens is 445 g/mol. The Kier molecular flexibility index (Phi) is 7.03. The molecule has 35 heavy (non-hydrogen) atoms. The summed E-state index contributed by atoms with van der Waals surface area (Å²) in [5.41, 5.74) is 3.36. The van der Waals surface area contributed by atoms with Crippen LogP contribution in [0, 0.1) is 5.82 Å². The standard InChI is InChI=1S/C29H24FNO4/c1-2-20(29(34)35)12-18-10-11-26(30)27(14-18)31-28(33)25-16-23(15-22-7-3-4-9-24(22)25)21-8-5-6-19(13-21)17-32/h3-16,32H,2,17H2,1H3,(H,31,33)(H,34,35). The summed E-state index contributed by atoms with van der Waals surface area (Å²) in [5, 5.41) is 23.0. The number of fused-ring (bicyclic) bond motifs is 1. The summed E-state index contributed by atoms with van der Waals surface area (Å²) in [5.74, 6) is -2.16. The number of amides is 1. The first-order valence-electron chi connectivity index (χ1n) is 11.2. The molecular formula is C29H24FNO4. The number of carbonyl (C=O) groups is 2. The average molecular weight is 470 g/mol. The maximum atomic E-state index is 14.6. The quantitative estimate of drug-likeness (QED) is 0.279. The number of rotatable bonds is 7. The fourth-order valence-corrected chi connectivity index (χ4v) is 3.95. The minimum absolute atomic E-state index is 0.0404. The van der Waals surface area contributed by atoms with Crippen LogP contribution in [0.5, 0.6) is 0 Å². The summed E-state index contributed by atoms with van der Waals surface area (Å²) >= 11 is 0. The van der Waals surface area contributed by atoms with Gasteiger partial charge in [0.1, 0.15) is 5.82 Å². The van der Waals surface area contributed by atoms with E-state index in [0.29, 0.717) is 22.9 Å². The molecule has 4 aromatic rings. The fraction of sp³-hybridized carbons (Fsp3) is 0.103. The van der Waals surface area contributed by atoms with Gasteiger partial charge in [0.15, 0.2) is 0 Å². The number of aliphatic hydroxyl groups excluding tert-OH is 1. The fourth-order valence-electron chi connectivity index (χ4n) is 3.95. The third-order valence-corrected chi connectivity index (χ3v) is 5.78. The van der Waals surface area contributed by atoms with Gasteiger partial charge in [-0.1, -0.05) is 55.5 Å². The Hall–Kier alpha value is -4.29. The van der Waals surface area contributed by atoms with Gasteiger partial charge in [0, 0.05) is 11.1 Å². The van der Waals surface area contributed by atoms with Crippen LogP contribution in [0.2, 0.25) is 0 Å². The molecule has 0 saturated carbocycles. The van der Waals surface area contributed by atoms with Gasteiger partial charge in [0.25, 0.3) is 5.91 Å². The van der Waals surface area contributed by atoms with Crippen LogP contribution in [0.1, 0.15) is 34.8 Å². The second-order valence-electron chi connectivity index (χ2n) is 8.13. The van der Waals surface area contributed by atoms with Crippen molar-refractivity contribution in [3.63, 3.8) is 0 Å². The molecule has 0 heterocycles. The topological polar surface area (TPSA) is 86.6 Å². The van der Waals surface area contributed by atoms with Gasteiger partial charge in [-0.3, -0.25) is 4.79 Å². The number of benzene rings is 4. The SMILES string of the molecule is CCC(=Cc1ccc(F)c(NC(=O)c2cc(-c3cccc(CO)c3)cc3ccccc23)c1)C(=O)O. The zero-order valence-corrected chi connectivity index (χ0v) is 19.1. The molecule has 5 nitrogen and oxygen atoms in total. The molecule has 6 heteroatoms. The van der Waals surface area contributed by atoms with Crippen LogP contribution < -0.4 is 5.32 Å². The van der Waals surface area contributed by atoms with Crippen LogP contribution in [0.15, 0.2) is 84.4 Å². The molecule has 0 aliphatic carbocycles. The summed E-state index contributed by atoms with van der Waals surface area (Å²) in [6, 6.07) is 22.6. The van der Waals surface area contributed by atoms with Crippen LogP contribution in [0.4, 0.5) is 10.1 Å². The van der Waals surface area contributed by atoms with Crippen molar-refractivity contribution >= 4 is 34.4 Å². The van der Waals surface area contributed by atoms with Gasteiger partial charge < -0.3 is 15.5 Å². The largest absolute Gasteiger partial charge is 0.478 e. The van der Waals surface area contributed by atoms with Gasteiger partial charge in [-0.05, 0) is 75.9 Å². The maximum Gasteiger partial charge on any atom is 0.331 e. The third kappa shape index (κ3) is 5.28. The smallest absolute Gasteiger partial charge is 0.331 e. The average Bonchev–Trinajstić information content (AvgIpc) is 2.88. The molecule has 0 fully saturated rings. The lowest BCUT2D eigenvalue weighted by Gasteiger charge is -2.13. The number of aliphatic carboxylic acids is 1. The van der Waals surface area contributed by atoms with Gasteiger partial charge in [-0.15, -0.1) is 0 Å². The Bertz CT molecular complexity index is 1460. The highest BCUT2D eigenvalue weighted by atomic mass is 19.1. The van der Waals surface area contributed by atoms with E-state index in [4.69, 9.17) is 0 Å². The normalized spacial score (nSPS) is 11.5. The second-order valence-corrected chi connectivity index (χ2v) is 8.13. The van der Waals surface area contributed by atoms with Crippen molar-refractivity contribution in [2.75, 3.05) is 5.32 Å². The maximum absolute atomic E-state index is 14.6. The molecule has 0 atom stereocenters. The number of carboxylic acid groups (broad SMARTS) is 1. The highest BCUT2D eigenvalue weighted by Gasteiger charge is 2.16. The van der Waals surface area contributed by atoms with E-state index < -0.39 is 17.7 Å². The van der Waals surface area contributed by atoms with Crippen molar-refractivity contribution in [3.05, 3.63) is 107 Å². The highest BCUT2D eigenvalue weighted by molar-refractivity contribution is 6.14. The minimum atomic E-state index is -1.05. The minimum Gasteiger partial charge on any atom is -0.478 e. The zero-order valence-electron chi connectivity index (χ0n) is 19.1. The Morgan fingerprint density at radius 3 is 2.49 bits per heavy atom. The summed E-state index contributed by atoms with van der Waals surface area (Å²) in [6.45, 7) is 1.63. The molecule has 1 amide bonds. The molecule has 0 spiro atoms. The van der Waals surface area contributed by atoms with Crippen molar-refractivity contribution < 1.29 is 24.2 Å². The summed E-state index contributed by atoms with van der Waals surface area (Å²) in [4.78, 5) is 24.7. The summed E-state index contributed by atoms with van der Waals surface area (Å²) < 4.78 is 14.6. The monoisotopic (exact) mass is 469 g/mol. The van der Waals surface area contributed by atoms with Crippen LogP contribution in [0.3, 0.4) is 0 Å². The Morgan fingerprint density at radius 2 is 1.74 bits per heavy atom. The number of aliphatic hydroxyl groups is 1. The van der Waals surface area contributed by atoms with Gasteiger partial charge in [-0.2, -0.15) is 0 Å². The lowest BCUT2D eigenvalue weighted by atomic mass is 9.95. The van der Waals surface area contributed by atoms with E-state index in [1.165, 1.54) is 24.3 Å². The van der Waals surface area contributed by atoms with Crippen molar-refractivity contribution in [3.8, 4) is 11.1 Å². The third-order valence-electron chi connectivity index (χ3n) is 5.78. The van der Waals surface area contributed by atoms with Crippen molar-refractivity contribution in [2.24, 2.45) is 0 Å². The van der Waals surface area contributed by atoms with Crippen LogP contribution in [-0.2, 0) is 11.4 Å². The number of hydrogen-bond acceptors (Lipinski definition) is 3. The lowest BCUT2D eigenvalue weighted by molar-refractivity contribution is -0.132. The van der Waals surface area contributed by atoms with Crippen molar-refractivity contribution in [1.29, 1.82) is 0 Å². The summed E-state index contributed by atoms with van der Waals surface area (Å²) in [6.07, 6.45) is 1.77. The van der Waals surface area contributed by atoms with Gasteiger partial charge >= 0.3 is 5.97 Å². The molecule has 4 rings (SSSR count).